The van der Waals surface area contributed by atoms with Gasteiger partial charge in [0.2, 0.25) is 0 Å². The number of hydrogen-bond donors (Lipinski definition) is 0. The van der Waals surface area contributed by atoms with Gasteiger partial charge in [-0.2, -0.15) is 0 Å². The van der Waals surface area contributed by atoms with Gasteiger partial charge in [0.1, 0.15) is 11.6 Å². The van der Waals surface area contributed by atoms with E-state index in [-0.39, 0.29) is 11.1 Å². The second-order valence-electron chi connectivity index (χ2n) is 3.32. The second kappa shape index (κ2) is 4.16. The Balaban J connectivity index is 2.65. The van der Waals surface area contributed by atoms with E-state index in [1.165, 1.54) is 30.3 Å². The van der Waals surface area contributed by atoms with Crippen molar-refractivity contribution >= 4 is 0 Å². The number of hydrogen-bond acceptors (Lipinski definition) is 0. The third-order valence-electron chi connectivity index (χ3n) is 2.30. The summed E-state index contributed by atoms with van der Waals surface area (Å²) < 4.78 is 27.0. The Hall–Kier alpha value is -2.14. The third-order valence-corrected chi connectivity index (χ3v) is 2.30. The molecule has 0 saturated heterocycles. The Morgan fingerprint density at radius 3 is 2.25 bits per heavy atom. The summed E-state index contributed by atoms with van der Waals surface area (Å²) in [7, 11) is 0. The number of rotatable bonds is 1. The van der Waals surface area contributed by atoms with Crippen LogP contribution in [0.25, 0.3) is 11.1 Å². The van der Waals surface area contributed by atoms with Crippen LogP contribution in [0.1, 0.15) is 5.56 Å². The molecule has 0 aliphatic heterocycles. The predicted molar refractivity (Wildman–Crippen MR) is 59.7 cm³/mol. The number of halogens is 2. The molecule has 0 aliphatic carbocycles. The van der Waals surface area contributed by atoms with E-state index in [2.05, 4.69) is 5.92 Å². The minimum atomic E-state index is -0.482. The highest BCUT2D eigenvalue weighted by atomic mass is 19.1. The first kappa shape index (κ1) is 10.4. The molecule has 0 unspecified atom stereocenters. The molecule has 0 radical (unpaired) electrons. The van der Waals surface area contributed by atoms with Gasteiger partial charge < -0.3 is 0 Å². The molecule has 78 valence electrons. The van der Waals surface area contributed by atoms with Crippen LogP contribution in [0.15, 0.2) is 42.5 Å². The fourth-order valence-corrected chi connectivity index (χ4v) is 1.50. The predicted octanol–water partition coefficient (Wildman–Crippen LogP) is 3.61. The van der Waals surface area contributed by atoms with Crippen LogP contribution >= 0.6 is 0 Å². The van der Waals surface area contributed by atoms with Gasteiger partial charge in [0.05, 0.1) is 0 Å². The normalized spacial score (nSPS) is 9.81. The summed E-state index contributed by atoms with van der Waals surface area (Å²) in [6, 6.07) is 10.2. The van der Waals surface area contributed by atoms with Crippen LogP contribution in [0.5, 0.6) is 0 Å². The van der Waals surface area contributed by atoms with Crippen molar-refractivity contribution in [3.8, 4) is 23.5 Å². The minimum absolute atomic E-state index is 0.188. The summed E-state index contributed by atoms with van der Waals surface area (Å²) in [5.74, 6) is 1.45. The third kappa shape index (κ3) is 1.80. The molecule has 0 fully saturated rings. The van der Waals surface area contributed by atoms with Crippen molar-refractivity contribution in [1.82, 2.24) is 0 Å². The number of benzene rings is 2. The lowest BCUT2D eigenvalue weighted by molar-refractivity contribution is 0.616. The van der Waals surface area contributed by atoms with Gasteiger partial charge >= 0.3 is 0 Å². The smallest absolute Gasteiger partial charge is 0.131 e. The Bertz CT molecular complexity index is 565. The molecule has 2 heteroatoms. The van der Waals surface area contributed by atoms with Crippen LogP contribution in [0.2, 0.25) is 0 Å². The van der Waals surface area contributed by atoms with Gasteiger partial charge in [0, 0.05) is 16.7 Å². The Kier molecular flexibility index (Phi) is 2.70. The minimum Gasteiger partial charge on any atom is -0.206 e. The topological polar surface area (TPSA) is 0 Å². The molecule has 0 spiro atoms. The van der Waals surface area contributed by atoms with Crippen molar-refractivity contribution < 1.29 is 8.78 Å². The molecule has 2 aromatic rings. The molecule has 2 rings (SSSR count). The van der Waals surface area contributed by atoms with E-state index < -0.39 is 11.6 Å². The van der Waals surface area contributed by atoms with Gasteiger partial charge in [-0.1, -0.05) is 24.1 Å². The van der Waals surface area contributed by atoms with E-state index in [1.807, 2.05) is 0 Å². The van der Waals surface area contributed by atoms with Gasteiger partial charge in [0.25, 0.3) is 0 Å². The first-order valence-electron chi connectivity index (χ1n) is 4.73. The Morgan fingerprint density at radius 2 is 1.56 bits per heavy atom. The summed E-state index contributed by atoms with van der Waals surface area (Å²) in [5, 5.41) is 0. The lowest BCUT2D eigenvalue weighted by Gasteiger charge is -2.05. The highest BCUT2D eigenvalue weighted by Crippen LogP contribution is 2.26. The van der Waals surface area contributed by atoms with Gasteiger partial charge in [-0.15, -0.1) is 6.42 Å². The van der Waals surface area contributed by atoms with Crippen molar-refractivity contribution in [1.29, 1.82) is 0 Å². The second-order valence-corrected chi connectivity index (χ2v) is 3.32. The molecule has 0 nitrogen and oxygen atoms in total. The van der Waals surface area contributed by atoms with Crippen LogP contribution in [0.4, 0.5) is 8.78 Å². The zero-order valence-corrected chi connectivity index (χ0v) is 8.37. The molecule has 0 N–H and O–H groups in total. The van der Waals surface area contributed by atoms with Crippen LogP contribution in [0.3, 0.4) is 0 Å². The molecule has 0 aliphatic rings. The maximum Gasteiger partial charge on any atom is 0.131 e. The van der Waals surface area contributed by atoms with E-state index in [0.29, 0.717) is 5.56 Å². The monoisotopic (exact) mass is 214 g/mol. The molecule has 0 heterocycles. The summed E-state index contributed by atoms with van der Waals surface area (Å²) in [6.07, 6.45) is 5.22. The fourth-order valence-electron chi connectivity index (χ4n) is 1.50. The summed E-state index contributed by atoms with van der Waals surface area (Å²) in [5.41, 5.74) is 0.935. The van der Waals surface area contributed by atoms with E-state index >= 15 is 0 Å². The summed E-state index contributed by atoms with van der Waals surface area (Å²) in [6.45, 7) is 0. The summed E-state index contributed by atoms with van der Waals surface area (Å²) >= 11 is 0. The molecule has 0 atom stereocenters. The van der Waals surface area contributed by atoms with Crippen LogP contribution < -0.4 is 0 Å². The summed E-state index contributed by atoms with van der Waals surface area (Å²) in [4.78, 5) is 0. The van der Waals surface area contributed by atoms with Crippen LogP contribution in [-0.2, 0) is 0 Å². The first-order valence-corrected chi connectivity index (χ1v) is 4.73. The van der Waals surface area contributed by atoms with Gasteiger partial charge in [0.15, 0.2) is 0 Å². The van der Waals surface area contributed by atoms with Gasteiger partial charge in [-0.05, 0) is 24.3 Å². The quantitative estimate of drug-likeness (QED) is 0.636. The molecular weight excluding hydrogens is 206 g/mol. The average Bonchev–Trinajstić information content (AvgIpc) is 2.31. The van der Waals surface area contributed by atoms with E-state index in [0.717, 1.165) is 0 Å². The lowest BCUT2D eigenvalue weighted by Crippen LogP contribution is -1.89. The molecule has 0 amide bonds. The van der Waals surface area contributed by atoms with Gasteiger partial charge in [-0.25, -0.2) is 8.78 Å². The standard InChI is InChI=1S/C14H8F2/c1-2-10-7-8-14(16)12(9-10)11-5-3-4-6-13(11)15/h1,3-9H. The average molecular weight is 214 g/mol. The van der Waals surface area contributed by atoms with Crippen LogP contribution in [0, 0.1) is 24.0 Å². The Morgan fingerprint density at radius 1 is 0.875 bits per heavy atom. The lowest BCUT2D eigenvalue weighted by atomic mass is 10.0. The van der Waals surface area contributed by atoms with Crippen LogP contribution in [-0.4, -0.2) is 0 Å². The van der Waals surface area contributed by atoms with Crippen molar-refractivity contribution in [3.63, 3.8) is 0 Å². The van der Waals surface area contributed by atoms with Crippen molar-refractivity contribution in [2.75, 3.05) is 0 Å². The highest BCUT2D eigenvalue weighted by Gasteiger charge is 2.09. The molecule has 16 heavy (non-hydrogen) atoms. The van der Waals surface area contributed by atoms with E-state index in [1.54, 1.807) is 12.1 Å². The van der Waals surface area contributed by atoms with Crippen molar-refractivity contribution in [2.45, 2.75) is 0 Å². The number of terminal acetylenes is 1. The zero-order chi connectivity index (χ0) is 11.5. The maximum absolute atomic E-state index is 13.5. The molecule has 0 saturated carbocycles. The van der Waals surface area contributed by atoms with E-state index in [4.69, 9.17) is 6.42 Å². The van der Waals surface area contributed by atoms with Gasteiger partial charge in [-0.3, -0.25) is 0 Å². The fraction of sp³-hybridized carbons (Fsp3) is 0. The highest BCUT2D eigenvalue weighted by molar-refractivity contribution is 5.66. The van der Waals surface area contributed by atoms with E-state index in [9.17, 15) is 8.78 Å². The largest absolute Gasteiger partial charge is 0.206 e. The Labute approximate surface area is 92.5 Å². The van der Waals surface area contributed by atoms with Crippen molar-refractivity contribution in [3.05, 3.63) is 59.7 Å². The molecule has 0 bridgehead atoms. The molecular formula is C14H8F2. The first-order chi connectivity index (χ1) is 7.72. The maximum atomic E-state index is 13.5. The SMILES string of the molecule is C#Cc1ccc(F)c(-c2ccccc2F)c1. The molecule has 2 aromatic carbocycles. The van der Waals surface area contributed by atoms with Crippen molar-refractivity contribution in [2.24, 2.45) is 0 Å². The zero-order valence-electron chi connectivity index (χ0n) is 8.37. The molecule has 0 aromatic heterocycles.